The molecule has 1 aromatic carbocycles. The van der Waals surface area contributed by atoms with Gasteiger partial charge in [0.05, 0.1) is 10.7 Å². The predicted octanol–water partition coefficient (Wildman–Crippen LogP) is 3.56. The summed E-state index contributed by atoms with van der Waals surface area (Å²) in [5.74, 6) is -0.258. The second kappa shape index (κ2) is 5.39. The summed E-state index contributed by atoms with van der Waals surface area (Å²) >= 11 is 12.0. The van der Waals surface area contributed by atoms with Crippen LogP contribution in [0.25, 0.3) is 0 Å². The number of hydrogen-bond acceptors (Lipinski definition) is 2. The second-order valence-electron chi connectivity index (χ2n) is 4.45. The molecule has 1 saturated heterocycles. The number of carbonyl (C=O) groups excluding carboxylic acids is 2. The molecule has 6 heteroatoms. The number of benzene rings is 1. The summed E-state index contributed by atoms with van der Waals surface area (Å²) in [4.78, 5) is 27.2. The number of hydrogen-bond donors (Lipinski definition) is 0. The molecule has 1 aliphatic rings. The van der Waals surface area contributed by atoms with Gasteiger partial charge in [-0.15, -0.1) is 0 Å². The van der Waals surface area contributed by atoms with Crippen LogP contribution in [0.5, 0.6) is 0 Å². The first-order valence-corrected chi connectivity index (χ1v) is 6.80. The van der Waals surface area contributed by atoms with E-state index >= 15 is 0 Å². The topological polar surface area (TPSA) is 40.6 Å². The van der Waals surface area contributed by atoms with Crippen molar-refractivity contribution in [1.29, 1.82) is 0 Å². The van der Waals surface area contributed by atoms with Crippen LogP contribution < -0.4 is 4.90 Å². The first-order chi connectivity index (χ1) is 8.95. The molecule has 1 aromatic rings. The van der Waals surface area contributed by atoms with Gasteiger partial charge in [-0.1, -0.05) is 23.2 Å². The lowest BCUT2D eigenvalue weighted by Gasteiger charge is -2.38. The SMILES string of the molecule is CCN1C(=O)N(c2cc(Cl)ccc2Cl)C(=O)CC1C. The smallest absolute Gasteiger partial charge is 0.321 e. The third-order valence-corrected chi connectivity index (χ3v) is 3.73. The summed E-state index contributed by atoms with van der Waals surface area (Å²) in [5.41, 5.74) is 0.342. The molecule has 1 heterocycles. The minimum absolute atomic E-state index is 0.0980. The van der Waals surface area contributed by atoms with Crippen LogP contribution in [-0.2, 0) is 4.79 Å². The van der Waals surface area contributed by atoms with Crippen LogP contribution in [0, 0.1) is 0 Å². The maximum Gasteiger partial charge on any atom is 0.331 e. The molecule has 0 spiro atoms. The summed E-state index contributed by atoms with van der Waals surface area (Å²) in [7, 11) is 0. The Balaban J connectivity index is 2.45. The molecule has 1 atom stereocenters. The molecule has 4 nitrogen and oxygen atoms in total. The molecule has 102 valence electrons. The molecule has 2 rings (SSSR count). The van der Waals surface area contributed by atoms with Gasteiger partial charge in [-0.25, -0.2) is 9.69 Å². The fraction of sp³-hybridized carbons (Fsp3) is 0.385. The minimum atomic E-state index is -0.351. The normalized spacial score (nSPS) is 20.1. The van der Waals surface area contributed by atoms with Gasteiger partial charge in [0, 0.05) is 24.0 Å². The molecule has 3 amide bonds. The van der Waals surface area contributed by atoms with Crippen LogP contribution in [0.1, 0.15) is 20.3 Å². The van der Waals surface area contributed by atoms with Gasteiger partial charge in [-0.05, 0) is 32.0 Å². The molecular formula is C13H14Cl2N2O2. The van der Waals surface area contributed by atoms with Gasteiger partial charge in [0.15, 0.2) is 0 Å². The molecular weight excluding hydrogens is 287 g/mol. The lowest BCUT2D eigenvalue weighted by atomic mass is 10.1. The van der Waals surface area contributed by atoms with Crippen LogP contribution in [0.2, 0.25) is 10.0 Å². The lowest BCUT2D eigenvalue weighted by molar-refractivity contribution is -0.120. The zero-order valence-corrected chi connectivity index (χ0v) is 12.2. The highest BCUT2D eigenvalue weighted by Gasteiger charge is 2.37. The van der Waals surface area contributed by atoms with Crippen molar-refractivity contribution in [3.05, 3.63) is 28.2 Å². The maximum atomic E-state index is 12.4. The highest BCUT2D eigenvalue weighted by Crippen LogP contribution is 2.32. The highest BCUT2D eigenvalue weighted by molar-refractivity contribution is 6.37. The number of halogens is 2. The Bertz CT molecular complexity index is 533. The van der Waals surface area contributed by atoms with Crippen molar-refractivity contribution in [2.24, 2.45) is 0 Å². The monoisotopic (exact) mass is 300 g/mol. The quantitative estimate of drug-likeness (QED) is 0.838. The van der Waals surface area contributed by atoms with Crippen molar-refractivity contribution >= 4 is 40.8 Å². The van der Waals surface area contributed by atoms with E-state index in [0.29, 0.717) is 22.3 Å². The molecule has 19 heavy (non-hydrogen) atoms. The van der Waals surface area contributed by atoms with Crippen LogP contribution in [-0.4, -0.2) is 29.4 Å². The van der Waals surface area contributed by atoms with Gasteiger partial charge in [0.1, 0.15) is 0 Å². The highest BCUT2D eigenvalue weighted by atomic mass is 35.5. The number of anilines is 1. The Labute approximate surface area is 121 Å². The second-order valence-corrected chi connectivity index (χ2v) is 5.29. The van der Waals surface area contributed by atoms with Crippen LogP contribution >= 0.6 is 23.2 Å². The Morgan fingerprint density at radius 2 is 2.00 bits per heavy atom. The zero-order chi connectivity index (χ0) is 14.2. The first kappa shape index (κ1) is 14.2. The van der Waals surface area contributed by atoms with E-state index in [9.17, 15) is 9.59 Å². The van der Waals surface area contributed by atoms with Gasteiger partial charge < -0.3 is 4.90 Å². The van der Waals surface area contributed by atoms with E-state index in [-0.39, 0.29) is 24.4 Å². The maximum absolute atomic E-state index is 12.4. The summed E-state index contributed by atoms with van der Waals surface area (Å²) in [6.45, 7) is 4.28. The van der Waals surface area contributed by atoms with E-state index in [2.05, 4.69) is 0 Å². The largest absolute Gasteiger partial charge is 0.331 e. The Hall–Kier alpha value is -1.26. The molecule has 0 aromatic heterocycles. The number of carbonyl (C=O) groups is 2. The van der Waals surface area contributed by atoms with E-state index in [1.54, 1.807) is 17.0 Å². The number of imide groups is 1. The van der Waals surface area contributed by atoms with E-state index in [1.807, 2.05) is 13.8 Å². The van der Waals surface area contributed by atoms with Crippen molar-refractivity contribution in [1.82, 2.24) is 4.90 Å². The first-order valence-electron chi connectivity index (χ1n) is 6.04. The summed E-state index contributed by atoms with van der Waals surface area (Å²) in [6.07, 6.45) is 0.280. The van der Waals surface area contributed by atoms with E-state index in [0.717, 1.165) is 4.90 Å². The van der Waals surface area contributed by atoms with E-state index in [1.165, 1.54) is 6.07 Å². The molecule has 0 radical (unpaired) electrons. The Morgan fingerprint density at radius 1 is 1.32 bits per heavy atom. The van der Waals surface area contributed by atoms with Crippen LogP contribution in [0.4, 0.5) is 10.5 Å². The molecule has 1 fully saturated rings. The third kappa shape index (κ3) is 2.55. The molecule has 1 aliphatic heterocycles. The van der Waals surface area contributed by atoms with Crippen LogP contribution in [0.15, 0.2) is 18.2 Å². The fourth-order valence-electron chi connectivity index (χ4n) is 2.22. The molecule has 0 aliphatic carbocycles. The Kier molecular flexibility index (Phi) is 4.02. The van der Waals surface area contributed by atoms with Crippen LogP contribution in [0.3, 0.4) is 0 Å². The lowest BCUT2D eigenvalue weighted by Crippen LogP contribution is -2.56. The fourth-order valence-corrected chi connectivity index (χ4v) is 2.59. The van der Waals surface area contributed by atoms with Crippen molar-refractivity contribution in [3.8, 4) is 0 Å². The average Bonchev–Trinajstić information content (AvgIpc) is 2.33. The molecule has 0 N–H and O–H groups in total. The predicted molar refractivity (Wildman–Crippen MR) is 75.8 cm³/mol. The average molecular weight is 301 g/mol. The minimum Gasteiger partial charge on any atom is -0.321 e. The standard InChI is InChI=1S/C13H14Cl2N2O2/c1-3-16-8(2)6-12(18)17(13(16)19)11-7-9(14)4-5-10(11)15/h4-5,7-8H,3,6H2,1-2H3. The van der Waals surface area contributed by atoms with E-state index < -0.39 is 0 Å². The number of urea groups is 1. The molecule has 1 unspecified atom stereocenters. The molecule has 0 saturated carbocycles. The van der Waals surface area contributed by atoms with Crippen molar-refractivity contribution in [3.63, 3.8) is 0 Å². The number of rotatable bonds is 2. The van der Waals surface area contributed by atoms with Gasteiger partial charge in [-0.2, -0.15) is 0 Å². The van der Waals surface area contributed by atoms with Crippen molar-refractivity contribution < 1.29 is 9.59 Å². The third-order valence-electron chi connectivity index (χ3n) is 3.18. The van der Waals surface area contributed by atoms with Crippen molar-refractivity contribution in [2.75, 3.05) is 11.4 Å². The van der Waals surface area contributed by atoms with Gasteiger partial charge >= 0.3 is 6.03 Å². The van der Waals surface area contributed by atoms with Crippen molar-refractivity contribution in [2.45, 2.75) is 26.3 Å². The Morgan fingerprint density at radius 3 is 2.63 bits per heavy atom. The zero-order valence-electron chi connectivity index (χ0n) is 10.7. The van der Waals surface area contributed by atoms with Gasteiger partial charge in [0.25, 0.3) is 0 Å². The number of amides is 3. The van der Waals surface area contributed by atoms with Gasteiger partial charge in [0.2, 0.25) is 5.91 Å². The van der Waals surface area contributed by atoms with E-state index in [4.69, 9.17) is 23.2 Å². The van der Waals surface area contributed by atoms with Gasteiger partial charge in [-0.3, -0.25) is 4.79 Å². The summed E-state index contributed by atoms with van der Waals surface area (Å²) in [5, 5.41) is 0.762. The molecule has 0 bridgehead atoms. The summed E-state index contributed by atoms with van der Waals surface area (Å²) in [6, 6.07) is 4.28. The summed E-state index contributed by atoms with van der Waals surface area (Å²) < 4.78 is 0. The number of nitrogens with zero attached hydrogens (tertiary/aromatic N) is 2.